The van der Waals surface area contributed by atoms with Gasteiger partial charge in [-0.15, -0.1) is 0 Å². The number of nitrogens with zero attached hydrogens (tertiary/aromatic N) is 3. The maximum Gasteiger partial charge on any atom is 0.211 e. The third kappa shape index (κ3) is 3.47. The van der Waals surface area contributed by atoms with E-state index in [0.717, 1.165) is 23.5 Å². The fourth-order valence-corrected chi connectivity index (χ4v) is 3.14. The second kappa shape index (κ2) is 6.07. The minimum absolute atomic E-state index is 0.00811. The molecule has 1 aliphatic heterocycles. The average Bonchev–Trinajstić information content (AvgIpc) is 2.46. The van der Waals surface area contributed by atoms with Gasteiger partial charge in [-0.25, -0.2) is 13.4 Å². The minimum Gasteiger partial charge on any atom is -0.392 e. The second-order valence-electron chi connectivity index (χ2n) is 4.99. The van der Waals surface area contributed by atoms with Crippen LogP contribution in [0.5, 0.6) is 0 Å². The predicted molar refractivity (Wildman–Crippen MR) is 78.2 cm³/mol. The van der Waals surface area contributed by atoms with Gasteiger partial charge in [0.05, 0.1) is 12.9 Å². The van der Waals surface area contributed by atoms with Crippen LogP contribution in [0.2, 0.25) is 0 Å². The van der Waals surface area contributed by atoms with E-state index in [4.69, 9.17) is 0 Å². The molecule has 0 saturated carbocycles. The molecule has 1 saturated heterocycles. The van der Waals surface area contributed by atoms with Gasteiger partial charge in [0.15, 0.2) is 0 Å². The van der Waals surface area contributed by atoms with E-state index in [1.165, 1.54) is 10.6 Å². The lowest BCUT2D eigenvalue weighted by Gasteiger charge is -2.34. The van der Waals surface area contributed by atoms with Gasteiger partial charge in [0, 0.05) is 31.9 Å². The lowest BCUT2D eigenvalue weighted by atomic mass is 10.2. The zero-order valence-electron chi connectivity index (χ0n) is 11.9. The van der Waals surface area contributed by atoms with E-state index in [9.17, 15) is 13.5 Å². The Labute approximate surface area is 120 Å². The number of anilines is 1. The van der Waals surface area contributed by atoms with Crippen LogP contribution in [0.15, 0.2) is 12.1 Å². The van der Waals surface area contributed by atoms with Crippen LogP contribution in [-0.2, 0) is 23.1 Å². The molecule has 1 aromatic rings. The van der Waals surface area contributed by atoms with Crippen LogP contribution >= 0.6 is 0 Å². The molecule has 1 N–H and O–H groups in total. The van der Waals surface area contributed by atoms with E-state index in [2.05, 4.69) is 9.88 Å². The molecule has 0 amide bonds. The Morgan fingerprint density at radius 2 is 1.90 bits per heavy atom. The largest absolute Gasteiger partial charge is 0.392 e. The third-order valence-corrected chi connectivity index (χ3v) is 4.80. The second-order valence-corrected chi connectivity index (χ2v) is 6.97. The molecule has 20 heavy (non-hydrogen) atoms. The molecule has 2 heterocycles. The highest BCUT2D eigenvalue weighted by atomic mass is 32.2. The van der Waals surface area contributed by atoms with Gasteiger partial charge in [-0.3, -0.25) is 0 Å². The van der Waals surface area contributed by atoms with E-state index in [-0.39, 0.29) is 6.61 Å². The number of piperazine rings is 1. The first kappa shape index (κ1) is 15.2. The molecular formula is C13H21N3O3S. The van der Waals surface area contributed by atoms with Crippen LogP contribution in [-0.4, -0.2) is 55.2 Å². The highest BCUT2D eigenvalue weighted by Crippen LogP contribution is 2.18. The maximum atomic E-state index is 11.5. The van der Waals surface area contributed by atoms with E-state index in [1.54, 1.807) is 0 Å². The fourth-order valence-electron chi connectivity index (χ4n) is 2.32. The van der Waals surface area contributed by atoms with Gasteiger partial charge in [-0.2, -0.15) is 4.31 Å². The number of aliphatic hydroxyl groups is 1. The summed E-state index contributed by atoms with van der Waals surface area (Å²) in [6.07, 6.45) is 2.05. The molecule has 0 bridgehead atoms. The Bertz CT molecular complexity index is 544. The number of sulfonamides is 1. The minimum atomic E-state index is -3.11. The van der Waals surface area contributed by atoms with E-state index >= 15 is 0 Å². The number of hydrogen-bond acceptors (Lipinski definition) is 5. The first-order valence-electron chi connectivity index (χ1n) is 6.75. The van der Waals surface area contributed by atoms with E-state index in [0.29, 0.717) is 26.2 Å². The van der Waals surface area contributed by atoms with Gasteiger partial charge in [-0.05, 0) is 24.1 Å². The molecule has 6 nitrogen and oxygen atoms in total. The molecule has 0 aromatic carbocycles. The molecule has 0 atom stereocenters. The van der Waals surface area contributed by atoms with Crippen LogP contribution in [0.3, 0.4) is 0 Å². The Kier molecular flexibility index (Phi) is 4.62. The number of pyridine rings is 1. The van der Waals surface area contributed by atoms with Crippen molar-refractivity contribution in [2.75, 3.05) is 37.3 Å². The molecule has 1 fully saturated rings. The Hall–Kier alpha value is -1.18. The molecule has 1 aliphatic rings. The Morgan fingerprint density at radius 3 is 2.40 bits per heavy atom. The Morgan fingerprint density at radius 1 is 1.25 bits per heavy atom. The third-order valence-electron chi connectivity index (χ3n) is 3.50. The zero-order chi connectivity index (χ0) is 14.8. The van der Waals surface area contributed by atoms with Crippen molar-refractivity contribution >= 4 is 15.8 Å². The lowest BCUT2D eigenvalue weighted by Crippen LogP contribution is -2.48. The van der Waals surface area contributed by atoms with Crippen molar-refractivity contribution < 1.29 is 13.5 Å². The zero-order valence-corrected chi connectivity index (χ0v) is 12.7. The summed E-state index contributed by atoms with van der Waals surface area (Å²) in [5.41, 5.74) is 1.79. The average molecular weight is 299 g/mol. The van der Waals surface area contributed by atoms with Gasteiger partial charge >= 0.3 is 0 Å². The van der Waals surface area contributed by atoms with Crippen molar-refractivity contribution in [1.82, 2.24) is 9.29 Å². The highest BCUT2D eigenvalue weighted by Gasteiger charge is 2.24. The molecule has 112 valence electrons. The predicted octanol–water partition coefficient (Wildman–Crippen LogP) is 0.218. The summed E-state index contributed by atoms with van der Waals surface area (Å²) in [4.78, 5) is 6.63. The number of rotatable bonds is 4. The van der Waals surface area contributed by atoms with Crippen LogP contribution in [0.4, 0.5) is 5.82 Å². The number of aliphatic hydroxyl groups excluding tert-OH is 1. The van der Waals surface area contributed by atoms with Gasteiger partial charge in [0.2, 0.25) is 10.0 Å². The number of aryl methyl sites for hydroxylation is 1. The van der Waals surface area contributed by atoms with Crippen molar-refractivity contribution in [1.29, 1.82) is 0 Å². The molecule has 0 spiro atoms. The van der Waals surface area contributed by atoms with Crippen LogP contribution < -0.4 is 4.90 Å². The van der Waals surface area contributed by atoms with Crippen LogP contribution in [0.1, 0.15) is 18.2 Å². The summed E-state index contributed by atoms with van der Waals surface area (Å²) >= 11 is 0. The van der Waals surface area contributed by atoms with E-state index in [1.807, 2.05) is 19.1 Å². The summed E-state index contributed by atoms with van der Waals surface area (Å²) < 4.78 is 24.5. The van der Waals surface area contributed by atoms with Crippen LogP contribution in [0.25, 0.3) is 0 Å². The van der Waals surface area contributed by atoms with Crippen molar-refractivity contribution in [3.8, 4) is 0 Å². The Balaban J connectivity index is 2.14. The first-order valence-corrected chi connectivity index (χ1v) is 8.59. The van der Waals surface area contributed by atoms with Gasteiger partial charge in [0.1, 0.15) is 5.82 Å². The van der Waals surface area contributed by atoms with Gasteiger partial charge in [0.25, 0.3) is 0 Å². The molecule has 1 aromatic heterocycles. The molecule has 2 rings (SSSR count). The highest BCUT2D eigenvalue weighted by molar-refractivity contribution is 7.88. The van der Waals surface area contributed by atoms with Crippen molar-refractivity contribution in [2.45, 2.75) is 20.0 Å². The number of aromatic nitrogens is 1. The summed E-state index contributed by atoms with van der Waals surface area (Å²) in [6.45, 7) is 4.22. The monoisotopic (exact) mass is 299 g/mol. The smallest absolute Gasteiger partial charge is 0.211 e. The molecule has 0 aliphatic carbocycles. The molecule has 0 radical (unpaired) electrons. The summed E-state index contributed by atoms with van der Waals surface area (Å²) in [7, 11) is -3.11. The fraction of sp³-hybridized carbons (Fsp3) is 0.615. The topological polar surface area (TPSA) is 73.7 Å². The number of hydrogen-bond donors (Lipinski definition) is 1. The summed E-state index contributed by atoms with van der Waals surface area (Å²) in [5.74, 6) is 0.821. The van der Waals surface area contributed by atoms with E-state index < -0.39 is 10.0 Å². The first-order chi connectivity index (χ1) is 9.44. The lowest BCUT2D eigenvalue weighted by molar-refractivity contribution is 0.281. The van der Waals surface area contributed by atoms with Crippen molar-refractivity contribution in [3.63, 3.8) is 0 Å². The molecule has 0 unspecified atom stereocenters. The normalized spacial score (nSPS) is 17.4. The molecule has 7 heteroatoms. The van der Waals surface area contributed by atoms with Crippen molar-refractivity contribution in [3.05, 3.63) is 23.4 Å². The maximum absolute atomic E-state index is 11.5. The summed E-state index contributed by atoms with van der Waals surface area (Å²) in [5, 5.41) is 9.30. The standard InChI is InChI=1S/C13H21N3O3S/c1-3-12-8-11(10-17)9-13(14-12)15-4-6-16(7-5-15)20(2,18)19/h8-9,17H,3-7,10H2,1-2H3. The van der Waals surface area contributed by atoms with Crippen LogP contribution in [0, 0.1) is 0 Å². The van der Waals surface area contributed by atoms with Crippen molar-refractivity contribution in [2.24, 2.45) is 0 Å². The SMILES string of the molecule is CCc1cc(CO)cc(N2CCN(S(C)(=O)=O)CC2)n1. The quantitative estimate of drug-likeness (QED) is 0.861. The van der Waals surface area contributed by atoms with Gasteiger partial charge in [-0.1, -0.05) is 6.92 Å². The summed E-state index contributed by atoms with van der Waals surface area (Å²) in [6, 6.07) is 3.77. The van der Waals surface area contributed by atoms with Gasteiger partial charge < -0.3 is 10.0 Å². The molecular weight excluding hydrogens is 278 g/mol.